The number of hydrogen-bond donors (Lipinski definition) is 2. The Morgan fingerprint density at radius 1 is 1.15 bits per heavy atom. The number of aromatic nitrogens is 5. The highest BCUT2D eigenvalue weighted by Gasteiger charge is 2.24. The van der Waals surface area contributed by atoms with Gasteiger partial charge in [0.25, 0.3) is 11.9 Å². The van der Waals surface area contributed by atoms with E-state index in [1.54, 1.807) is 12.3 Å². The molecular weight excluding hydrogens is 452 g/mol. The molecule has 1 aliphatic heterocycles. The van der Waals surface area contributed by atoms with E-state index in [9.17, 15) is 13.6 Å². The summed E-state index contributed by atoms with van der Waals surface area (Å²) in [7, 11) is 0. The number of fused-ring (bicyclic) bond motifs is 1. The summed E-state index contributed by atoms with van der Waals surface area (Å²) in [6.45, 7) is 0.472. The average molecular weight is 468 g/mol. The Balaban J connectivity index is 1.62. The zero-order chi connectivity index (χ0) is 22.9. The summed E-state index contributed by atoms with van der Waals surface area (Å²) in [5.41, 5.74) is 3.64. The van der Waals surface area contributed by atoms with Crippen molar-refractivity contribution >= 4 is 17.7 Å². The van der Waals surface area contributed by atoms with Gasteiger partial charge in [0.1, 0.15) is 24.3 Å². The Hall–Kier alpha value is -3.76. The summed E-state index contributed by atoms with van der Waals surface area (Å²) in [5.74, 6) is -1.29. The summed E-state index contributed by atoms with van der Waals surface area (Å²) in [4.78, 5) is 27.8. The molecule has 33 heavy (non-hydrogen) atoms. The minimum Gasteiger partial charge on any atom is -0.348 e. The SMILES string of the molecule is O=C1NCc2ccc(-c3cnc(-n4cncn4)nc3[C@H](Cc3cc(F)cc(F)c3)NCl)cc21. The van der Waals surface area contributed by atoms with E-state index >= 15 is 0 Å². The van der Waals surface area contributed by atoms with Crippen molar-refractivity contribution in [1.29, 1.82) is 0 Å². The van der Waals surface area contributed by atoms with Gasteiger partial charge in [0, 0.05) is 29.9 Å². The van der Waals surface area contributed by atoms with Crippen molar-refractivity contribution in [3.05, 3.63) is 89.3 Å². The first-order valence-electron chi connectivity index (χ1n) is 9.96. The molecule has 0 aliphatic carbocycles. The van der Waals surface area contributed by atoms with Gasteiger partial charge in [0.2, 0.25) is 0 Å². The van der Waals surface area contributed by atoms with Crippen LogP contribution in [-0.4, -0.2) is 30.6 Å². The van der Waals surface area contributed by atoms with E-state index in [1.165, 1.54) is 29.5 Å². The van der Waals surface area contributed by atoms with Crippen LogP contribution in [0.25, 0.3) is 17.1 Å². The Bertz CT molecular complexity index is 1330. The van der Waals surface area contributed by atoms with Crippen molar-refractivity contribution in [2.45, 2.75) is 19.0 Å². The Morgan fingerprint density at radius 2 is 1.97 bits per heavy atom. The minimum atomic E-state index is -0.686. The highest BCUT2D eigenvalue weighted by atomic mass is 35.5. The molecule has 2 N–H and O–H groups in total. The summed E-state index contributed by atoms with van der Waals surface area (Å²) < 4.78 is 28.9. The second-order valence-corrected chi connectivity index (χ2v) is 7.73. The largest absolute Gasteiger partial charge is 0.348 e. The molecule has 0 radical (unpaired) electrons. The molecule has 2 aromatic heterocycles. The van der Waals surface area contributed by atoms with Gasteiger partial charge in [-0.1, -0.05) is 12.1 Å². The van der Waals surface area contributed by atoms with Gasteiger partial charge < -0.3 is 5.32 Å². The van der Waals surface area contributed by atoms with Crippen molar-refractivity contribution < 1.29 is 13.6 Å². The van der Waals surface area contributed by atoms with Crippen LogP contribution in [0.3, 0.4) is 0 Å². The van der Waals surface area contributed by atoms with Gasteiger partial charge in [0.05, 0.1) is 11.7 Å². The molecule has 2 aromatic carbocycles. The topological polar surface area (TPSA) is 97.6 Å². The van der Waals surface area contributed by atoms with Gasteiger partial charge in [-0.2, -0.15) is 9.78 Å². The zero-order valence-electron chi connectivity index (χ0n) is 17.0. The second kappa shape index (κ2) is 8.64. The Morgan fingerprint density at radius 3 is 2.70 bits per heavy atom. The zero-order valence-corrected chi connectivity index (χ0v) is 17.7. The third-order valence-corrected chi connectivity index (χ3v) is 5.62. The fourth-order valence-corrected chi connectivity index (χ4v) is 4.01. The average Bonchev–Trinajstić information content (AvgIpc) is 3.47. The lowest BCUT2D eigenvalue weighted by Crippen LogP contribution is -2.19. The molecule has 5 rings (SSSR count). The van der Waals surface area contributed by atoms with E-state index in [2.05, 4.69) is 30.2 Å². The van der Waals surface area contributed by atoms with Gasteiger partial charge in [-0.3, -0.25) is 4.79 Å². The smallest absolute Gasteiger partial charge is 0.252 e. The van der Waals surface area contributed by atoms with Gasteiger partial charge in [-0.05, 0) is 53.1 Å². The molecule has 0 spiro atoms. The van der Waals surface area contributed by atoms with Crippen molar-refractivity contribution in [2.24, 2.45) is 0 Å². The van der Waals surface area contributed by atoms with Crippen LogP contribution in [0.5, 0.6) is 0 Å². The molecule has 11 heteroatoms. The van der Waals surface area contributed by atoms with Crippen LogP contribution in [0.15, 0.2) is 55.2 Å². The molecule has 166 valence electrons. The van der Waals surface area contributed by atoms with E-state index in [0.717, 1.165) is 11.6 Å². The molecule has 4 aromatic rings. The van der Waals surface area contributed by atoms with Gasteiger partial charge in [0.15, 0.2) is 0 Å². The van der Waals surface area contributed by atoms with Gasteiger partial charge >= 0.3 is 0 Å². The van der Waals surface area contributed by atoms with Crippen LogP contribution in [0.4, 0.5) is 8.78 Å². The summed E-state index contributed by atoms with van der Waals surface area (Å²) in [5, 5.41) is 6.84. The van der Waals surface area contributed by atoms with Crippen LogP contribution >= 0.6 is 11.8 Å². The normalized spacial score (nSPS) is 13.6. The fourth-order valence-electron chi connectivity index (χ4n) is 3.83. The van der Waals surface area contributed by atoms with E-state index in [0.29, 0.717) is 34.5 Å². The first-order chi connectivity index (χ1) is 16.0. The standard InChI is InChI=1S/C22H16ClF2N7O/c23-31-19(5-12-3-15(24)7-16(25)4-12)20-18(9-28-22(30-20)32-11-26-10-29-32)13-1-2-14-8-27-21(33)17(14)6-13/h1-4,6-7,9-11,19,31H,5,8H2,(H,27,33)/t19-/m0/s1. The molecule has 0 saturated carbocycles. The van der Waals surface area contributed by atoms with Gasteiger partial charge in [-0.15, -0.1) is 0 Å². The number of amides is 1. The molecule has 3 heterocycles. The highest BCUT2D eigenvalue weighted by Crippen LogP contribution is 2.32. The molecule has 0 saturated heterocycles. The second-order valence-electron chi connectivity index (χ2n) is 7.51. The van der Waals surface area contributed by atoms with E-state index in [-0.39, 0.29) is 18.3 Å². The van der Waals surface area contributed by atoms with E-state index < -0.39 is 17.7 Å². The maximum atomic E-state index is 13.8. The van der Waals surface area contributed by atoms with Gasteiger partial charge in [-0.25, -0.2) is 28.6 Å². The van der Waals surface area contributed by atoms with Crippen molar-refractivity contribution in [1.82, 2.24) is 34.9 Å². The number of rotatable bonds is 6. The number of hydrogen-bond acceptors (Lipinski definition) is 6. The molecule has 8 nitrogen and oxygen atoms in total. The van der Waals surface area contributed by atoms with Crippen molar-refractivity contribution in [2.75, 3.05) is 0 Å². The third kappa shape index (κ3) is 4.18. The van der Waals surface area contributed by atoms with Crippen LogP contribution in [0.1, 0.15) is 33.2 Å². The Kier molecular flexibility index (Phi) is 5.53. The highest BCUT2D eigenvalue weighted by molar-refractivity contribution is 6.13. The van der Waals surface area contributed by atoms with Crippen LogP contribution in [-0.2, 0) is 13.0 Å². The first-order valence-corrected chi connectivity index (χ1v) is 10.3. The minimum absolute atomic E-state index is 0.143. The maximum absolute atomic E-state index is 13.8. The van der Waals surface area contributed by atoms with Crippen LogP contribution < -0.4 is 10.2 Å². The number of carbonyl (C=O) groups is 1. The number of nitrogens with zero attached hydrogens (tertiary/aromatic N) is 5. The molecule has 1 aliphatic rings. The molecule has 0 fully saturated rings. The number of carbonyl (C=O) groups excluding carboxylic acids is 1. The quantitative estimate of drug-likeness (QED) is 0.422. The number of nitrogens with one attached hydrogen (secondary N) is 2. The van der Waals surface area contributed by atoms with Crippen LogP contribution in [0, 0.1) is 11.6 Å². The number of benzene rings is 2. The molecule has 0 bridgehead atoms. The lowest BCUT2D eigenvalue weighted by atomic mass is 9.95. The number of halogens is 3. The van der Waals surface area contributed by atoms with Crippen molar-refractivity contribution in [3.8, 4) is 17.1 Å². The summed E-state index contributed by atoms with van der Waals surface area (Å²) in [6, 6.07) is 8.14. The predicted molar refractivity (Wildman–Crippen MR) is 115 cm³/mol. The monoisotopic (exact) mass is 467 g/mol. The molecule has 0 unspecified atom stereocenters. The van der Waals surface area contributed by atoms with Crippen molar-refractivity contribution in [3.63, 3.8) is 0 Å². The first kappa shape index (κ1) is 21.1. The molecular formula is C22H16ClF2N7O. The summed E-state index contributed by atoms with van der Waals surface area (Å²) in [6.07, 6.45) is 4.54. The van der Waals surface area contributed by atoms with E-state index in [1.807, 2.05) is 12.1 Å². The predicted octanol–water partition coefficient (Wildman–Crippen LogP) is 3.27. The van der Waals surface area contributed by atoms with E-state index in [4.69, 9.17) is 11.8 Å². The maximum Gasteiger partial charge on any atom is 0.252 e. The Labute approximate surface area is 191 Å². The molecule has 1 atom stereocenters. The molecule has 1 amide bonds. The lowest BCUT2D eigenvalue weighted by Gasteiger charge is -2.19. The lowest BCUT2D eigenvalue weighted by molar-refractivity contribution is 0.0966. The third-order valence-electron chi connectivity index (χ3n) is 5.36. The summed E-state index contributed by atoms with van der Waals surface area (Å²) >= 11 is 6.09. The fraction of sp³-hybridized carbons (Fsp3) is 0.136. The van der Waals surface area contributed by atoms with Crippen LogP contribution in [0.2, 0.25) is 0 Å².